The molecule has 1 heterocycles. The quantitative estimate of drug-likeness (QED) is 0.629. The van der Waals surface area contributed by atoms with Crippen LogP contribution in [0.15, 0.2) is 12.4 Å². The topological polar surface area (TPSA) is 70.1 Å². The van der Waals surface area contributed by atoms with E-state index in [0.717, 1.165) is 35.8 Å². The summed E-state index contributed by atoms with van der Waals surface area (Å²) in [7, 11) is 0. The van der Waals surface area contributed by atoms with E-state index in [1.807, 2.05) is 24.0 Å². The largest absolute Gasteiger partial charge is 0.465 e. The van der Waals surface area contributed by atoms with Gasteiger partial charge in [-0.05, 0) is 54.7 Å². The Morgan fingerprint density at radius 1 is 1.74 bits per heavy atom. The Labute approximate surface area is 127 Å². The lowest BCUT2D eigenvalue weighted by atomic mass is 9.85. The maximum Gasteiger partial charge on any atom is 0.326 e. The van der Waals surface area contributed by atoms with Crippen molar-refractivity contribution in [2.45, 2.75) is 44.7 Å². The number of aryl methyl sites for hydroxylation is 1. The van der Waals surface area contributed by atoms with E-state index in [0.29, 0.717) is 6.61 Å². The number of carbonyl (C=O) groups excluding carboxylic acids is 1. The SMILES string of the molecule is CCOC(=O)C1(N)CCCC1CCn1cc(I)cn1. The molecule has 2 N–H and O–H groups in total. The summed E-state index contributed by atoms with van der Waals surface area (Å²) in [6.07, 6.45) is 7.42. The van der Waals surface area contributed by atoms with E-state index in [9.17, 15) is 4.79 Å². The highest BCUT2D eigenvalue weighted by molar-refractivity contribution is 14.1. The van der Waals surface area contributed by atoms with Gasteiger partial charge in [0.2, 0.25) is 0 Å². The van der Waals surface area contributed by atoms with Crippen LogP contribution >= 0.6 is 22.6 Å². The molecule has 5 nitrogen and oxygen atoms in total. The third-order valence-corrected chi connectivity index (χ3v) is 4.39. The molecule has 0 bridgehead atoms. The molecule has 1 saturated carbocycles. The van der Waals surface area contributed by atoms with Gasteiger partial charge in [0.25, 0.3) is 0 Å². The molecule has 19 heavy (non-hydrogen) atoms. The zero-order valence-electron chi connectivity index (χ0n) is 11.1. The number of hydrogen-bond donors (Lipinski definition) is 1. The highest BCUT2D eigenvalue weighted by Crippen LogP contribution is 2.37. The van der Waals surface area contributed by atoms with Gasteiger partial charge in [0.1, 0.15) is 5.54 Å². The third-order valence-electron chi connectivity index (χ3n) is 3.84. The van der Waals surface area contributed by atoms with E-state index < -0.39 is 5.54 Å². The van der Waals surface area contributed by atoms with Crippen molar-refractivity contribution in [3.05, 3.63) is 16.0 Å². The number of aromatic nitrogens is 2. The lowest BCUT2D eigenvalue weighted by molar-refractivity contribution is -0.151. The van der Waals surface area contributed by atoms with E-state index >= 15 is 0 Å². The summed E-state index contributed by atoms with van der Waals surface area (Å²) in [6.45, 7) is 3.00. The van der Waals surface area contributed by atoms with Crippen molar-refractivity contribution in [1.82, 2.24) is 9.78 Å². The van der Waals surface area contributed by atoms with Gasteiger partial charge in [-0.25, -0.2) is 0 Å². The van der Waals surface area contributed by atoms with Gasteiger partial charge >= 0.3 is 5.97 Å². The Balaban J connectivity index is 1.96. The fourth-order valence-corrected chi connectivity index (χ4v) is 3.23. The molecule has 6 heteroatoms. The van der Waals surface area contributed by atoms with Gasteiger partial charge in [0.05, 0.1) is 16.4 Å². The number of carbonyl (C=O) groups is 1. The van der Waals surface area contributed by atoms with Crippen molar-refractivity contribution in [2.75, 3.05) is 6.61 Å². The molecule has 0 aliphatic heterocycles. The molecule has 1 aromatic rings. The second-order valence-corrected chi connectivity index (χ2v) is 6.31. The summed E-state index contributed by atoms with van der Waals surface area (Å²) < 4.78 is 8.15. The number of nitrogens with two attached hydrogens (primary N) is 1. The Kier molecular flexibility index (Phi) is 4.83. The fraction of sp³-hybridized carbons (Fsp3) is 0.692. The summed E-state index contributed by atoms with van der Waals surface area (Å²) in [6, 6.07) is 0. The van der Waals surface area contributed by atoms with Crippen LogP contribution in [0.1, 0.15) is 32.6 Å². The summed E-state index contributed by atoms with van der Waals surface area (Å²) in [5.74, 6) is -0.0547. The first-order valence-electron chi connectivity index (χ1n) is 6.70. The molecule has 2 atom stereocenters. The van der Waals surface area contributed by atoms with Crippen molar-refractivity contribution >= 4 is 28.6 Å². The van der Waals surface area contributed by atoms with Gasteiger partial charge in [-0.1, -0.05) is 6.42 Å². The third kappa shape index (κ3) is 3.28. The molecular weight excluding hydrogens is 357 g/mol. The zero-order valence-corrected chi connectivity index (χ0v) is 13.3. The molecular formula is C13H20IN3O2. The van der Waals surface area contributed by atoms with E-state index in [-0.39, 0.29) is 11.9 Å². The lowest BCUT2D eigenvalue weighted by Gasteiger charge is -2.28. The lowest BCUT2D eigenvalue weighted by Crippen LogP contribution is -2.52. The van der Waals surface area contributed by atoms with Crippen LogP contribution in [-0.4, -0.2) is 27.9 Å². The number of ether oxygens (including phenoxy) is 1. The van der Waals surface area contributed by atoms with E-state index in [1.165, 1.54) is 0 Å². The predicted molar refractivity (Wildman–Crippen MR) is 80.5 cm³/mol. The maximum absolute atomic E-state index is 12.0. The second kappa shape index (κ2) is 6.21. The van der Waals surface area contributed by atoms with Gasteiger partial charge < -0.3 is 10.5 Å². The minimum Gasteiger partial charge on any atom is -0.465 e. The summed E-state index contributed by atoms with van der Waals surface area (Å²) >= 11 is 2.23. The van der Waals surface area contributed by atoms with Crippen molar-refractivity contribution in [3.8, 4) is 0 Å². The Bertz CT molecular complexity index is 449. The van der Waals surface area contributed by atoms with Gasteiger partial charge in [-0.2, -0.15) is 5.10 Å². The molecule has 106 valence electrons. The average molecular weight is 377 g/mol. The molecule has 0 saturated heterocycles. The minimum absolute atomic E-state index is 0.188. The first kappa shape index (κ1) is 14.8. The molecule has 0 amide bonds. The summed E-state index contributed by atoms with van der Waals surface area (Å²) in [5.41, 5.74) is 5.50. The maximum atomic E-state index is 12.0. The monoisotopic (exact) mass is 377 g/mol. The summed E-state index contributed by atoms with van der Waals surface area (Å²) in [4.78, 5) is 12.0. The van der Waals surface area contributed by atoms with E-state index in [2.05, 4.69) is 27.7 Å². The van der Waals surface area contributed by atoms with Crippen LogP contribution in [0.4, 0.5) is 0 Å². The van der Waals surface area contributed by atoms with E-state index in [1.54, 1.807) is 0 Å². The highest BCUT2D eigenvalue weighted by atomic mass is 127. The number of halogens is 1. The molecule has 0 radical (unpaired) electrons. The van der Waals surface area contributed by atoms with Gasteiger partial charge in [-0.15, -0.1) is 0 Å². The smallest absolute Gasteiger partial charge is 0.326 e. The van der Waals surface area contributed by atoms with Crippen LogP contribution in [0.3, 0.4) is 0 Å². The second-order valence-electron chi connectivity index (χ2n) is 5.06. The minimum atomic E-state index is -0.795. The first-order chi connectivity index (χ1) is 9.06. The van der Waals surface area contributed by atoms with Crippen molar-refractivity contribution < 1.29 is 9.53 Å². The van der Waals surface area contributed by atoms with Crippen LogP contribution in [-0.2, 0) is 16.1 Å². The number of esters is 1. The number of rotatable bonds is 5. The van der Waals surface area contributed by atoms with Gasteiger partial charge in [-0.3, -0.25) is 9.48 Å². The number of nitrogens with zero attached hydrogens (tertiary/aromatic N) is 2. The Hall–Kier alpha value is -0.630. The molecule has 1 aliphatic carbocycles. The van der Waals surface area contributed by atoms with Crippen LogP contribution < -0.4 is 5.73 Å². The van der Waals surface area contributed by atoms with Gasteiger partial charge in [0, 0.05) is 12.7 Å². The summed E-state index contributed by atoms with van der Waals surface area (Å²) in [5, 5.41) is 4.26. The molecule has 1 aromatic heterocycles. The standard InChI is InChI=1S/C13H20IN3O2/c1-2-19-12(18)13(15)6-3-4-10(13)5-7-17-9-11(14)8-16-17/h8-10H,2-7,15H2,1H3. The molecule has 1 fully saturated rings. The zero-order chi connectivity index (χ0) is 13.9. The Morgan fingerprint density at radius 2 is 2.53 bits per heavy atom. The molecule has 0 aromatic carbocycles. The van der Waals surface area contributed by atoms with E-state index in [4.69, 9.17) is 10.5 Å². The van der Waals surface area contributed by atoms with Crippen LogP contribution in [0, 0.1) is 9.49 Å². The van der Waals surface area contributed by atoms with Crippen LogP contribution in [0.2, 0.25) is 0 Å². The fourth-order valence-electron chi connectivity index (χ4n) is 2.79. The van der Waals surface area contributed by atoms with Crippen molar-refractivity contribution in [2.24, 2.45) is 11.7 Å². The molecule has 2 rings (SSSR count). The van der Waals surface area contributed by atoms with Gasteiger partial charge in [0.15, 0.2) is 0 Å². The van der Waals surface area contributed by atoms with Crippen molar-refractivity contribution in [1.29, 1.82) is 0 Å². The first-order valence-corrected chi connectivity index (χ1v) is 7.78. The highest BCUT2D eigenvalue weighted by Gasteiger charge is 2.46. The molecule has 1 aliphatic rings. The Morgan fingerprint density at radius 3 is 3.16 bits per heavy atom. The molecule has 0 spiro atoms. The predicted octanol–water partition coefficient (Wildman–Crippen LogP) is 1.94. The number of hydrogen-bond acceptors (Lipinski definition) is 4. The van der Waals surface area contributed by atoms with Crippen molar-refractivity contribution in [3.63, 3.8) is 0 Å². The average Bonchev–Trinajstić information content (AvgIpc) is 2.94. The normalized spacial score (nSPS) is 26.6. The van der Waals surface area contributed by atoms with Crippen LogP contribution in [0.5, 0.6) is 0 Å². The van der Waals surface area contributed by atoms with Crippen LogP contribution in [0.25, 0.3) is 0 Å². The molecule has 2 unspecified atom stereocenters.